The molecule has 0 N–H and O–H groups in total. The molecule has 2 aromatic heterocycles. The van der Waals surface area contributed by atoms with E-state index in [1.54, 1.807) is 30.9 Å². The van der Waals surface area contributed by atoms with Gasteiger partial charge < -0.3 is 9.47 Å². The number of hydrogen-bond donors (Lipinski definition) is 0. The molecule has 4 rings (SSSR count). The first-order valence-electron chi connectivity index (χ1n) is 10.4. The lowest BCUT2D eigenvalue weighted by Crippen LogP contribution is -1.89. The Kier molecular flexibility index (Phi) is 8.12. The molecule has 0 aliphatic rings. The molecule has 2 heterocycles. The molecule has 5 nitrogen and oxygen atoms in total. The molecule has 0 unspecified atom stereocenters. The topological polar surface area (TPSA) is 57.1 Å². The lowest BCUT2D eigenvalue weighted by atomic mass is 10.0. The van der Waals surface area contributed by atoms with E-state index in [4.69, 9.17) is 9.47 Å². The molecule has 31 heavy (non-hydrogen) atoms. The predicted molar refractivity (Wildman–Crippen MR) is 123 cm³/mol. The van der Waals surface area contributed by atoms with Gasteiger partial charge in [0.1, 0.15) is 23.0 Å². The minimum Gasteiger partial charge on any atom is -0.456 e. The van der Waals surface area contributed by atoms with Crippen LogP contribution in [0.1, 0.15) is 37.8 Å². The minimum atomic E-state index is 0.539. The van der Waals surface area contributed by atoms with E-state index in [9.17, 15) is 0 Å². The van der Waals surface area contributed by atoms with Crippen LogP contribution in [0.5, 0.6) is 23.0 Å². The molecular weight excluding hydrogens is 386 g/mol. The molecule has 0 radical (unpaired) electrons. The van der Waals surface area contributed by atoms with E-state index in [1.165, 1.54) is 11.1 Å². The van der Waals surface area contributed by atoms with Crippen LogP contribution in [0.15, 0.2) is 91.5 Å². The number of aromatic nitrogens is 3. The highest BCUT2D eigenvalue weighted by Gasteiger charge is 2.00. The fraction of sp³-hybridized carbons (Fsp3) is 0.192. The van der Waals surface area contributed by atoms with E-state index >= 15 is 0 Å². The first-order valence-corrected chi connectivity index (χ1v) is 10.4. The van der Waals surface area contributed by atoms with Crippen LogP contribution in [0.25, 0.3) is 0 Å². The van der Waals surface area contributed by atoms with Gasteiger partial charge in [-0.25, -0.2) is 0 Å². The summed E-state index contributed by atoms with van der Waals surface area (Å²) in [5.74, 6) is 3.67. The Bertz CT molecular complexity index is 1020. The summed E-state index contributed by atoms with van der Waals surface area (Å²) in [7, 11) is 0. The summed E-state index contributed by atoms with van der Waals surface area (Å²) in [4.78, 5) is 3.99. The summed E-state index contributed by atoms with van der Waals surface area (Å²) in [6, 6.07) is 21.7. The standard InChI is InChI=1S/C13H14N2O.C13H13NO/c1-10(2)11-3-5-12(6-4-11)16-13-7-8-14-15-9-13;1-2-11-5-7-12(8-6-11)15-13-4-3-9-14-10-13/h3-10H,1-2H3;3-10H,2H2,1H3. The van der Waals surface area contributed by atoms with E-state index in [1.807, 2.05) is 36.4 Å². The van der Waals surface area contributed by atoms with Crippen molar-refractivity contribution in [1.29, 1.82) is 0 Å². The maximum atomic E-state index is 5.62. The van der Waals surface area contributed by atoms with Crippen molar-refractivity contribution in [2.75, 3.05) is 0 Å². The van der Waals surface area contributed by atoms with Crippen LogP contribution in [-0.4, -0.2) is 15.2 Å². The number of aryl methyl sites for hydroxylation is 1. The zero-order valence-corrected chi connectivity index (χ0v) is 18.1. The SMILES string of the molecule is CC(C)c1ccc(Oc2ccnnc2)cc1.CCc1ccc(Oc2cccnc2)cc1. The second-order valence-corrected chi connectivity index (χ2v) is 7.19. The van der Waals surface area contributed by atoms with Gasteiger partial charge in [-0.2, -0.15) is 10.2 Å². The van der Waals surface area contributed by atoms with Gasteiger partial charge in [0.05, 0.1) is 18.6 Å². The third kappa shape index (κ3) is 7.23. The van der Waals surface area contributed by atoms with Crippen LogP contribution in [0.2, 0.25) is 0 Å². The summed E-state index contributed by atoms with van der Waals surface area (Å²) in [5, 5.41) is 7.45. The van der Waals surface area contributed by atoms with Gasteiger partial charge in [-0.05, 0) is 59.9 Å². The van der Waals surface area contributed by atoms with Gasteiger partial charge in [0.15, 0.2) is 0 Å². The zero-order chi connectivity index (χ0) is 21.9. The van der Waals surface area contributed by atoms with Crippen molar-refractivity contribution in [3.8, 4) is 23.0 Å². The van der Waals surface area contributed by atoms with E-state index in [2.05, 4.69) is 60.2 Å². The molecule has 0 saturated heterocycles. The van der Waals surface area contributed by atoms with Crippen molar-refractivity contribution in [3.63, 3.8) is 0 Å². The average Bonchev–Trinajstić information content (AvgIpc) is 2.82. The third-order valence-corrected chi connectivity index (χ3v) is 4.54. The van der Waals surface area contributed by atoms with Crippen LogP contribution in [0, 0.1) is 0 Å². The Balaban J connectivity index is 0.000000176. The second kappa shape index (κ2) is 11.5. The molecule has 0 bridgehead atoms. The molecule has 0 aliphatic heterocycles. The van der Waals surface area contributed by atoms with Crippen LogP contribution in [0.4, 0.5) is 0 Å². The first kappa shape index (κ1) is 22.0. The van der Waals surface area contributed by atoms with Gasteiger partial charge in [-0.1, -0.05) is 45.0 Å². The Morgan fingerprint density at radius 1 is 0.677 bits per heavy atom. The molecule has 5 heteroatoms. The van der Waals surface area contributed by atoms with Crippen LogP contribution in [-0.2, 0) is 6.42 Å². The highest BCUT2D eigenvalue weighted by Crippen LogP contribution is 2.23. The first-order chi connectivity index (χ1) is 15.1. The summed E-state index contributed by atoms with van der Waals surface area (Å²) in [6.07, 6.45) is 7.68. The molecule has 0 fully saturated rings. The quantitative estimate of drug-likeness (QED) is 0.347. The van der Waals surface area contributed by atoms with Crippen LogP contribution >= 0.6 is 0 Å². The summed E-state index contributed by atoms with van der Waals surface area (Å²) < 4.78 is 11.2. The molecule has 2 aromatic carbocycles. The van der Waals surface area contributed by atoms with Crippen molar-refractivity contribution < 1.29 is 9.47 Å². The van der Waals surface area contributed by atoms with Gasteiger partial charge in [-0.15, -0.1) is 0 Å². The second-order valence-electron chi connectivity index (χ2n) is 7.19. The Labute approximate surface area is 183 Å². The van der Waals surface area contributed by atoms with Crippen molar-refractivity contribution in [2.45, 2.75) is 33.1 Å². The fourth-order valence-corrected chi connectivity index (χ4v) is 2.73. The van der Waals surface area contributed by atoms with Gasteiger partial charge in [0.2, 0.25) is 0 Å². The number of pyridine rings is 1. The molecule has 158 valence electrons. The number of benzene rings is 2. The normalized spacial score (nSPS) is 10.2. The molecule has 0 atom stereocenters. The van der Waals surface area contributed by atoms with E-state index in [0.29, 0.717) is 11.7 Å². The highest BCUT2D eigenvalue weighted by molar-refractivity contribution is 5.33. The average molecular weight is 414 g/mol. The number of rotatable bonds is 6. The smallest absolute Gasteiger partial charge is 0.149 e. The molecule has 0 spiro atoms. The summed E-state index contributed by atoms with van der Waals surface area (Å²) in [6.45, 7) is 6.47. The van der Waals surface area contributed by atoms with Gasteiger partial charge in [-0.3, -0.25) is 4.98 Å². The Morgan fingerprint density at radius 2 is 1.32 bits per heavy atom. The number of ether oxygens (including phenoxy) is 2. The maximum Gasteiger partial charge on any atom is 0.149 e. The fourth-order valence-electron chi connectivity index (χ4n) is 2.73. The number of hydrogen-bond acceptors (Lipinski definition) is 5. The molecule has 0 saturated carbocycles. The predicted octanol–water partition coefficient (Wildman–Crippen LogP) is 6.83. The van der Waals surface area contributed by atoms with Crippen LogP contribution < -0.4 is 9.47 Å². The molecular formula is C26H27N3O2. The van der Waals surface area contributed by atoms with Crippen molar-refractivity contribution in [1.82, 2.24) is 15.2 Å². The lowest BCUT2D eigenvalue weighted by molar-refractivity contribution is 0.478. The monoisotopic (exact) mass is 413 g/mol. The summed E-state index contributed by atoms with van der Waals surface area (Å²) in [5.41, 5.74) is 2.62. The van der Waals surface area contributed by atoms with Gasteiger partial charge >= 0.3 is 0 Å². The maximum absolute atomic E-state index is 5.62. The van der Waals surface area contributed by atoms with E-state index in [0.717, 1.165) is 23.7 Å². The minimum absolute atomic E-state index is 0.539. The van der Waals surface area contributed by atoms with Crippen molar-refractivity contribution in [2.24, 2.45) is 0 Å². The molecule has 0 aliphatic carbocycles. The molecule has 4 aromatic rings. The highest BCUT2D eigenvalue weighted by atomic mass is 16.5. The van der Waals surface area contributed by atoms with E-state index < -0.39 is 0 Å². The summed E-state index contributed by atoms with van der Waals surface area (Å²) >= 11 is 0. The zero-order valence-electron chi connectivity index (χ0n) is 18.1. The lowest BCUT2D eigenvalue weighted by Gasteiger charge is -2.07. The number of nitrogens with zero attached hydrogens (tertiary/aromatic N) is 3. The van der Waals surface area contributed by atoms with Gasteiger partial charge in [0.25, 0.3) is 0 Å². The van der Waals surface area contributed by atoms with Gasteiger partial charge in [0, 0.05) is 12.3 Å². The Morgan fingerprint density at radius 3 is 1.84 bits per heavy atom. The Hall–Kier alpha value is -3.73. The van der Waals surface area contributed by atoms with E-state index in [-0.39, 0.29) is 0 Å². The van der Waals surface area contributed by atoms with Crippen molar-refractivity contribution in [3.05, 3.63) is 103 Å². The third-order valence-electron chi connectivity index (χ3n) is 4.54. The largest absolute Gasteiger partial charge is 0.456 e. The van der Waals surface area contributed by atoms with Crippen molar-refractivity contribution >= 4 is 0 Å². The molecule has 0 amide bonds. The van der Waals surface area contributed by atoms with Crippen LogP contribution in [0.3, 0.4) is 0 Å².